The highest BCUT2D eigenvalue weighted by molar-refractivity contribution is 6.57. The number of rotatable bonds is 3. The quantitative estimate of drug-likeness (QED) is 0.789. The lowest BCUT2D eigenvalue weighted by molar-refractivity contribution is 0.0784. The second-order valence-corrected chi connectivity index (χ2v) is 4.01. The van der Waals surface area contributed by atoms with E-state index in [0.717, 1.165) is 0 Å². The Morgan fingerprint density at radius 1 is 1.40 bits per heavy atom. The number of pyridine rings is 1. The molecule has 1 N–H and O–H groups in total. The Hall–Kier alpha value is -1.04. The van der Waals surface area contributed by atoms with Gasteiger partial charge in [0.05, 0.1) is 5.60 Å². The van der Waals surface area contributed by atoms with Crippen LogP contribution in [-0.4, -0.2) is 17.1 Å². The zero-order valence-corrected chi connectivity index (χ0v) is 8.54. The van der Waals surface area contributed by atoms with E-state index in [-0.39, 0.29) is 5.69 Å². The van der Waals surface area contributed by atoms with E-state index in [0.29, 0.717) is 5.56 Å². The molecule has 1 aromatic heterocycles. The highest BCUT2D eigenvalue weighted by Crippen LogP contribution is 2.21. The Morgan fingerprint density at radius 3 is 2.47 bits per heavy atom. The van der Waals surface area contributed by atoms with Crippen LogP contribution in [0.2, 0.25) is 0 Å². The third-order valence-electron chi connectivity index (χ3n) is 1.96. The summed E-state index contributed by atoms with van der Waals surface area (Å²) in [7, 11) is 0. The molecule has 0 atom stereocenters. The lowest BCUT2D eigenvalue weighted by Gasteiger charge is -2.19. The molecular formula is C9H12BF3NO-. The van der Waals surface area contributed by atoms with Gasteiger partial charge in [0.15, 0.2) is 0 Å². The SMILES string of the molecule is CC(C)(O)c1ccnc(C[B-](F)(F)F)c1. The van der Waals surface area contributed by atoms with Gasteiger partial charge in [-0.2, -0.15) is 0 Å². The molecule has 2 nitrogen and oxygen atoms in total. The van der Waals surface area contributed by atoms with E-state index in [2.05, 4.69) is 4.98 Å². The molecule has 1 rings (SSSR count). The maximum Gasteiger partial charge on any atom is 0.484 e. The predicted molar refractivity (Wildman–Crippen MR) is 52.3 cm³/mol. The first kappa shape index (κ1) is 12.0. The normalized spacial score (nSPS) is 12.9. The topological polar surface area (TPSA) is 33.1 Å². The Morgan fingerprint density at radius 2 is 2.00 bits per heavy atom. The fourth-order valence-corrected chi connectivity index (χ4v) is 1.21. The van der Waals surface area contributed by atoms with Crippen LogP contribution in [0.25, 0.3) is 0 Å². The van der Waals surface area contributed by atoms with Crippen LogP contribution in [0, 0.1) is 0 Å². The number of aliphatic hydroxyl groups is 1. The highest BCUT2D eigenvalue weighted by atomic mass is 19.4. The van der Waals surface area contributed by atoms with Crippen molar-refractivity contribution < 1.29 is 18.1 Å². The third kappa shape index (κ3) is 3.91. The van der Waals surface area contributed by atoms with Crippen LogP contribution < -0.4 is 0 Å². The molecule has 0 spiro atoms. The van der Waals surface area contributed by atoms with Gasteiger partial charge in [0.25, 0.3) is 0 Å². The Balaban J connectivity index is 2.94. The first-order valence-corrected chi connectivity index (χ1v) is 4.57. The minimum atomic E-state index is -4.88. The number of hydrogen-bond donors (Lipinski definition) is 1. The monoisotopic (exact) mass is 218 g/mol. The summed E-state index contributed by atoms with van der Waals surface area (Å²) in [5, 5.41) is 9.61. The molecule has 1 heterocycles. The zero-order valence-electron chi connectivity index (χ0n) is 8.54. The summed E-state index contributed by atoms with van der Waals surface area (Å²) in [5.74, 6) is 0. The van der Waals surface area contributed by atoms with Crippen molar-refractivity contribution in [3.8, 4) is 0 Å². The summed E-state index contributed by atoms with van der Waals surface area (Å²) >= 11 is 0. The second kappa shape index (κ2) is 3.85. The fourth-order valence-electron chi connectivity index (χ4n) is 1.21. The standard InChI is InChI=1S/C9H12BF3NO/c1-9(2,15)7-3-4-14-8(5-7)6-10(11,12)13/h3-5,15H,6H2,1-2H3/q-1. The molecule has 0 bridgehead atoms. The van der Waals surface area contributed by atoms with Crippen molar-refractivity contribution >= 4 is 6.98 Å². The summed E-state index contributed by atoms with van der Waals surface area (Å²) in [6, 6.07) is 2.79. The molecule has 0 aliphatic heterocycles. The maximum atomic E-state index is 12.1. The van der Waals surface area contributed by atoms with Crippen LogP contribution in [0.3, 0.4) is 0 Å². The summed E-state index contributed by atoms with van der Waals surface area (Å²) in [4.78, 5) is 3.62. The van der Waals surface area contributed by atoms with E-state index in [1.807, 2.05) is 0 Å². The summed E-state index contributed by atoms with van der Waals surface area (Å²) in [6.45, 7) is -1.84. The molecule has 1 aromatic rings. The van der Waals surface area contributed by atoms with E-state index in [1.54, 1.807) is 0 Å². The molecule has 15 heavy (non-hydrogen) atoms. The number of nitrogens with zero attached hydrogens (tertiary/aromatic N) is 1. The summed E-state index contributed by atoms with van der Waals surface area (Å²) in [5.41, 5.74) is -0.759. The van der Waals surface area contributed by atoms with Gasteiger partial charge in [-0.05, 0) is 37.9 Å². The maximum absolute atomic E-state index is 12.1. The van der Waals surface area contributed by atoms with Gasteiger partial charge in [-0.25, -0.2) is 0 Å². The molecule has 84 valence electrons. The van der Waals surface area contributed by atoms with Gasteiger partial charge in [0.1, 0.15) is 0 Å². The van der Waals surface area contributed by atoms with Gasteiger partial charge >= 0.3 is 6.98 Å². The molecule has 0 amide bonds. The highest BCUT2D eigenvalue weighted by Gasteiger charge is 2.25. The van der Waals surface area contributed by atoms with Crippen molar-refractivity contribution in [3.63, 3.8) is 0 Å². The minimum absolute atomic E-state index is 0.0536. The van der Waals surface area contributed by atoms with Gasteiger partial charge in [-0.1, -0.05) is 0 Å². The van der Waals surface area contributed by atoms with Gasteiger partial charge < -0.3 is 18.1 Å². The van der Waals surface area contributed by atoms with Gasteiger partial charge in [0.2, 0.25) is 0 Å². The zero-order chi connectivity index (χ0) is 11.7. The smallest absolute Gasteiger partial charge is 0.449 e. The molecule has 0 aromatic carbocycles. The molecule has 6 heteroatoms. The van der Waals surface area contributed by atoms with Crippen LogP contribution in [0.4, 0.5) is 12.9 Å². The van der Waals surface area contributed by atoms with Crippen molar-refractivity contribution in [2.45, 2.75) is 25.8 Å². The first-order valence-electron chi connectivity index (χ1n) is 4.57. The van der Waals surface area contributed by atoms with Crippen LogP contribution >= 0.6 is 0 Å². The fraction of sp³-hybridized carbons (Fsp3) is 0.444. The predicted octanol–water partition coefficient (Wildman–Crippen LogP) is 2.24. The molecule has 0 fully saturated rings. The Bertz CT molecular complexity index is 346. The van der Waals surface area contributed by atoms with Crippen molar-refractivity contribution in [1.29, 1.82) is 0 Å². The lowest BCUT2D eigenvalue weighted by atomic mass is 9.83. The Labute approximate surface area is 86.2 Å². The molecule has 0 saturated carbocycles. The summed E-state index contributed by atoms with van der Waals surface area (Å²) < 4.78 is 36.4. The molecule has 0 unspecified atom stereocenters. The van der Waals surface area contributed by atoms with E-state index in [1.165, 1.54) is 32.2 Å². The van der Waals surface area contributed by atoms with E-state index >= 15 is 0 Å². The number of halogens is 3. The molecule has 0 radical (unpaired) electrons. The average molecular weight is 218 g/mol. The van der Waals surface area contributed by atoms with E-state index in [9.17, 15) is 18.1 Å². The van der Waals surface area contributed by atoms with Gasteiger partial charge in [-0.15, -0.1) is 0 Å². The molecule has 0 aliphatic carbocycles. The van der Waals surface area contributed by atoms with Gasteiger partial charge in [-0.3, -0.25) is 4.98 Å². The van der Waals surface area contributed by atoms with Crippen molar-refractivity contribution in [2.75, 3.05) is 0 Å². The van der Waals surface area contributed by atoms with Crippen molar-refractivity contribution in [1.82, 2.24) is 4.98 Å². The van der Waals surface area contributed by atoms with Crippen LogP contribution in [0.1, 0.15) is 25.1 Å². The van der Waals surface area contributed by atoms with Crippen LogP contribution in [-0.2, 0) is 11.9 Å². The summed E-state index contributed by atoms with van der Waals surface area (Å²) in [6.07, 6.45) is 0.272. The van der Waals surface area contributed by atoms with Crippen LogP contribution in [0.15, 0.2) is 18.3 Å². The largest absolute Gasteiger partial charge is 0.484 e. The second-order valence-electron chi connectivity index (χ2n) is 4.01. The Kier molecular flexibility index (Phi) is 3.09. The number of hydrogen-bond acceptors (Lipinski definition) is 2. The molecule has 0 saturated heterocycles. The molecular weight excluding hydrogens is 206 g/mol. The van der Waals surface area contributed by atoms with E-state index < -0.39 is 18.9 Å². The van der Waals surface area contributed by atoms with Crippen molar-refractivity contribution in [2.24, 2.45) is 0 Å². The molecule has 0 aliphatic rings. The van der Waals surface area contributed by atoms with E-state index in [4.69, 9.17) is 0 Å². The third-order valence-corrected chi connectivity index (χ3v) is 1.96. The minimum Gasteiger partial charge on any atom is -0.449 e. The lowest BCUT2D eigenvalue weighted by Crippen LogP contribution is -2.21. The van der Waals surface area contributed by atoms with Crippen LogP contribution in [0.5, 0.6) is 0 Å². The number of aromatic nitrogens is 1. The van der Waals surface area contributed by atoms with Crippen molar-refractivity contribution in [3.05, 3.63) is 29.6 Å². The van der Waals surface area contributed by atoms with Gasteiger partial charge in [0, 0.05) is 11.9 Å². The average Bonchev–Trinajstić information content (AvgIpc) is 1.99. The first-order chi connectivity index (χ1) is 6.68.